The van der Waals surface area contributed by atoms with Gasteiger partial charge in [-0.05, 0) is 55.3 Å². The summed E-state index contributed by atoms with van der Waals surface area (Å²) < 4.78 is 35.0. The highest BCUT2D eigenvalue weighted by Crippen LogP contribution is 2.16. The largest absolute Gasteiger partial charge is 0.494 e. The number of imidazole rings is 1. The van der Waals surface area contributed by atoms with Crippen LogP contribution in [0.5, 0.6) is 5.75 Å². The van der Waals surface area contributed by atoms with Gasteiger partial charge >= 0.3 is 0 Å². The lowest BCUT2D eigenvalue weighted by Gasteiger charge is -2.08. The summed E-state index contributed by atoms with van der Waals surface area (Å²) in [4.78, 5) is 4.76. The number of pyridine rings is 1. The van der Waals surface area contributed by atoms with E-state index in [1.54, 1.807) is 24.3 Å². The van der Waals surface area contributed by atoms with E-state index in [4.69, 9.17) is 4.74 Å². The van der Waals surface area contributed by atoms with Crippen LogP contribution in [0.25, 0.3) is 5.65 Å². The van der Waals surface area contributed by atoms with E-state index in [2.05, 4.69) is 16.6 Å². The van der Waals surface area contributed by atoms with Crippen LogP contribution >= 0.6 is 0 Å². The van der Waals surface area contributed by atoms with Gasteiger partial charge in [0.05, 0.1) is 17.2 Å². The summed E-state index contributed by atoms with van der Waals surface area (Å²) in [5.41, 5.74) is 2.86. The van der Waals surface area contributed by atoms with Crippen LogP contribution in [-0.4, -0.2) is 31.0 Å². The lowest BCUT2D eigenvalue weighted by Crippen LogP contribution is -2.26. The van der Waals surface area contributed by atoms with Crippen LogP contribution in [0.2, 0.25) is 0 Å². The molecular formula is C20H25N3O3S. The van der Waals surface area contributed by atoms with Crippen molar-refractivity contribution in [2.24, 2.45) is 0 Å². The third kappa shape index (κ3) is 5.08. The van der Waals surface area contributed by atoms with E-state index in [0.717, 1.165) is 29.7 Å². The highest BCUT2D eigenvalue weighted by molar-refractivity contribution is 7.89. The van der Waals surface area contributed by atoms with Crippen molar-refractivity contribution >= 4 is 15.7 Å². The zero-order valence-electron chi connectivity index (χ0n) is 15.7. The van der Waals surface area contributed by atoms with Gasteiger partial charge in [0.25, 0.3) is 0 Å². The van der Waals surface area contributed by atoms with E-state index in [-0.39, 0.29) is 4.90 Å². The molecule has 3 rings (SSSR count). The standard InChI is InChI=1S/C20H25N3O3S/c1-3-4-13-26-18-5-7-19(8-6-18)27(24,25)21-11-9-17-15-23-12-10-16(2)14-20(23)22-17/h5-8,10,12,14-15,21H,3-4,9,11,13H2,1-2H3. The van der Waals surface area contributed by atoms with Gasteiger partial charge in [0.1, 0.15) is 11.4 Å². The zero-order chi connectivity index (χ0) is 19.3. The molecule has 2 aromatic heterocycles. The minimum atomic E-state index is -3.55. The van der Waals surface area contributed by atoms with Crippen molar-refractivity contribution in [3.63, 3.8) is 0 Å². The van der Waals surface area contributed by atoms with Crippen LogP contribution in [0.1, 0.15) is 31.0 Å². The molecule has 27 heavy (non-hydrogen) atoms. The first-order valence-corrected chi connectivity index (χ1v) is 10.6. The molecule has 0 radical (unpaired) electrons. The number of ether oxygens (including phenoxy) is 1. The molecule has 0 aliphatic carbocycles. The minimum absolute atomic E-state index is 0.232. The maximum Gasteiger partial charge on any atom is 0.240 e. The van der Waals surface area contributed by atoms with E-state index in [1.807, 2.05) is 35.9 Å². The maximum absolute atomic E-state index is 12.4. The molecule has 2 heterocycles. The lowest BCUT2D eigenvalue weighted by molar-refractivity contribution is 0.309. The zero-order valence-corrected chi connectivity index (χ0v) is 16.5. The van der Waals surface area contributed by atoms with Crippen molar-refractivity contribution in [3.05, 3.63) is 60.0 Å². The normalized spacial score (nSPS) is 11.8. The van der Waals surface area contributed by atoms with Gasteiger partial charge in [0.2, 0.25) is 10.0 Å². The fraction of sp³-hybridized carbons (Fsp3) is 0.350. The van der Waals surface area contributed by atoms with Crippen LogP contribution in [0.4, 0.5) is 0 Å². The molecule has 7 heteroatoms. The van der Waals surface area contributed by atoms with Crippen molar-refractivity contribution in [3.8, 4) is 5.75 Å². The molecule has 0 saturated carbocycles. The molecule has 0 unspecified atom stereocenters. The van der Waals surface area contributed by atoms with Gasteiger partial charge in [-0.1, -0.05) is 13.3 Å². The monoisotopic (exact) mass is 387 g/mol. The van der Waals surface area contributed by atoms with Crippen LogP contribution in [0, 0.1) is 6.92 Å². The number of unbranched alkanes of at least 4 members (excludes halogenated alkanes) is 1. The molecule has 0 atom stereocenters. The second-order valence-electron chi connectivity index (χ2n) is 6.52. The molecule has 0 spiro atoms. The third-order valence-corrected chi connectivity index (χ3v) is 5.72. The Bertz CT molecular complexity index is 995. The molecule has 0 amide bonds. The number of rotatable bonds is 9. The fourth-order valence-corrected chi connectivity index (χ4v) is 3.73. The first-order chi connectivity index (χ1) is 13.0. The van der Waals surface area contributed by atoms with E-state index in [0.29, 0.717) is 25.3 Å². The topological polar surface area (TPSA) is 72.7 Å². The Kier molecular flexibility index (Phi) is 6.13. The Morgan fingerprint density at radius 1 is 1.19 bits per heavy atom. The van der Waals surface area contributed by atoms with Gasteiger partial charge in [0, 0.05) is 25.4 Å². The van der Waals surface area contributed by atoms with Gasteiger partial charge < -0.3 is 9.14 Å². The van der Waals surface area contributed by atoms with Gasteiger partial charge in [-0.3, -0.25) is 0 Å². The molecule has 6 nitrogen and oxygen atoms in total. The number of hydrogen-bond acceptors (Lipinski definition) is 4. The number of nitrogens with zero attached hydrogens (tertiary/aromatic N) is 2. The number of benzene rings is 1. The van der Waals surface area contributed by atoms with Crippen LogP contribution in [0.15, 0.2) is 53.7 Å². The minimum Gasteiger partial charge on any atom is -0.494 e. The first-order valence-electron chi connectivity index (χ1n) is 9.15. The number of fused-ring (bicyclic) bond motifs is 1. The molecule has 0 saturated heterocycles. The summed E-state index contributed by atoms with van der Waals surface area (Å²) in [5.74, 6) is 0.683. The Hall–Kier alpha value is -2.38. The van der Waals surface area contributed by atoms with Crippen molar-refractivity contribution in [2.45, 2.75) is 38.0 Å². The average Bonchev–Trinajstić information content (AvgIpc) is 3.04. The predicted octanol–water partition coefficient (Wildman–Crippen LogP) is 3.34. The molecule has 0 aliphatic rings. The average molecular weight is 388 g/mol. The van der Waals surface area contributed by atoms with Crippen LogP contribution in [0.3, 0.4) is 0 Å². The SMILES string of the molecule is CCCCOc1ccc(S(=O)(=O)NCCc2cn3ccc(C)cc3n2)cc1. The lowest BCUT2D eigenvalue weighted by atomic mass is 10.3. The summed E-state index contributed by atoms with van der Waals surface area (Å²) in [6.07, 6.45) is 6.44. The Labute approximate surface area is 160 Å². The van der Waals surface area contributed by atoms with Crippen molar-refractivity contribution in [2.75, 3.05) is 13.2 Å². The smallest absolute Gasteiger partial charge is 0.240 e. The van der Waals surface area contributed by atoms with Crippen molar-refractivity contribution in [1.29, 1.82) is 0 Å². The van der Waals surface area contributed by atoms with E-state index < -0.39 is 10.0 Å². The highest BCUT2D eigenvalue weighted by Gasteiger charge is 2.14. The van der Waals surface area contributed by atoms with Gasteiger partial charge in [0.15, 0.2) is 0 Å². The predicted molar refractivity (Wildman–Crippen MR) is 106 cm³/mol. The van der Waals surface area contributed by atoms with Crippen molar-refractivity contribution in [1.82, 2.24) is 14.1 Å². The molecular weight excluding hydrogens is 362 g/mol. The molecule has 1 aromatic carbocycles. The van der Waals surface area contributed by atoms with E-state index in [1.165, 1.54) is 0 Å². The second kappa shape index (κ2) is 8.54. The number of sulfonamides is 1. The molecule has 0 fully saturated rings. The van der Waals surface area contributed by atoms with Gasteiger partial charge in [-0.15, -0.1) is 0 Å². The quantitative estimate of drug-likeness (QED) is 0.572. The Morgan fingerprint density at radius 3 is 2.70 bits per heavy atom. The van der Waals surface area contributed by atoms with Gasteiger partial charge in [-0.25, -0.2) is 18.1 Å². The molecule has 0 aliphatic heterocycles. The van der Waals surface area contributed by atoms with Crippen molar-refractivity contribution < 1.29 is 13.2 Å². The number of hydrogen-bond donors (Lipinski definition) is 1. The number of aryl methyl sites for hydroxylation is 1. The number of nitrogens with one attached hydrogen (secondary N) is 1. The van der Waals surface area contributed by atoms with Crippen LogP contribution in [-0.2, 0) is 16.4 Å². The number of aromatic nitrogens is 2. The highest BCUT2D eigenvalue weighted by atomic mass is 32.2. The Morgan fingerprint density at radius 2 is 1.96 bits per heavy atom. The summed E-state index contributed by atoms with van der Waals surface area (Å²) in [7, 11) is -3.55. The van der Waals surface area contributed by atoms with E-state index >= 15 is 0 Å². The Balaban J connectivity index is 1.57. The van der Waals surface area contributed by atoms with E-state index in [9.17, 15) is 8.42 Å². The summed E-state index contributed by atoms with van der Waals surface area (Å²) >= 11 is 0. The second-order valence-corrected chi connectivity index (χ2v) is 8.29. The summed E-state index contributed by atoms with van der Waals surface area (Å²) in [5, 5.41) is 0. The van der Waals surface area contributed by atoms with Crippen LogP contribution < -0.4 is 9.46 Å². The molecule has 0 bridgehead atoms. The molecule has 1 N–H and O–H groups in total. The molecule has 144 valence electrons. The third-order valence-electron chi connectivity index (χ3n) is 4.24. The maximum atomic E-state index is 12.4. The first kappa shape index (κ1) is 19.4. The molecule has 3 aromatic rings. The van der Waals surface area contributed by atoms with Gasteiger partial charge in [-0.2, -0.15) is 0 Å². The summed E-state index contributed by atoms with van der Waals surface area (Å²) in [6.45, 7) is 5.04. The summed E-state index contributed by atoms with van der Waals surface area (Å²) in [6, 6.07) is 10.5. The fourth-order valence-electron chi connectivity index (χ4n) is 2.70.